The summed E-state index contributed by atoms with van der Waals surface area (Å²) in [5.41, 5.74) is 5.50. The first kappa shape index (κ1) is 17.0. The molecule has 6 nitrogen and oxygen atoms in total. The van der Waals surface area contributed by atoms with Crippen molar-refractivity contribution in [2.24, 2.45) is 11.1 Å². The monoisotopic (exact) mass is 334 g/mol. The lowest BCUT2D eigenvalue weighted by Crippen LogP contribution is -2.37. The second-order valence-corrected chi connectivity index (χ2v) is 6.30. The van der Waals surface area contributed by atoms with Gasteiger partial charge >= 0.3 is 0 Å². The first-order chi connectivity index (χ1) is 10.8. The van der Waals surface area contributed by atoms with Gasteiger partial charge < -0.3 is 11.1 Å². The van der Waals surface area contributed by atoms with Crippen LogP contribution in [0.25, 0.3) is 0 Å². The summed E-state index contributed by atoms with van der Waals surface area (Å²) < 4.78 is 1.29. The quantitative estimate of drug-likeness (QED) is 0.843. The number of nitrogens with two attached hydrogens (primary N) is 1. The summed E-state index contributed by atoms with van der Waals surface area (Å²) in [6.07, 6.45) is 1.48. The number of aromatic nitrogens is 2. The van der Waals surface area contributed by atoms with Crippen molar-refractivity contribution in [2.45, 2.75) is 20.4 Å². The van der Waals surface area contributed by atoms with Gasteiger partial charge in [-0.25, -0.2) is 4.68 Å². The number of hydrogen-bond acceptors (Lipinski definition) is 4. The van der Waals surface area contributed by atoms with Crippen LogP contribution in [0.1, 0.15) is 19.4 Å². The van der Waals surface area contributed by atoms with Crippen molar-refractivity contribution in [2.75, 3.05) is 11.9 Å². The lowest BCUT2D eigenvalue weighted by Gasteiger charge is -2.21. The third-order valence-corrected chi connectivity index (χ3v) is 3.91. The molecule has 1 aromatic carbocycles. The standard InChI is InChI=1S/C16H19ClN4O2/c1-16(2,15(18)23)10-19-12-8-20-21(14(22)13(12)17)9-11-6-4-3-5-7-11/h3-8,19H,9-10H2,1-2H3,(H2,18,23). The molecule has 122 valence electrons. The Labute approximate surface area is 139 Å². The van der Waals surface area contributed by atoms with Gasteiger partial charge in [0, 0.05) is 6.54 Å². The van der Waals surface area contributed by atoms with Crippen molar-refractivity contribution in [1.29, 1.82) is 0 Å². The van der Waals surface area contributed by atoms with Crippen LogP contribution in [-0.4, -0.2) is 22.2 Å². The number of benzene rings is 1. The third kappa shape index (κ3) is 4.10. The lowest BCUT2D eigenvalue weighted by atomic mass is 9.93. The topological polar surface area (TPSA) is 90.0 Å². The third-order valence-electron chi connectivity index (χ3n) is 3.55. The average molecular weight is 335 g/mol. The fraction of sp³-hybridized carbons (Fsp3) is 0.312. The molecular weight excluding hydrogens is 316 g/mol. The van der Waals surface area contributed by atoms with Crippen LogP contribution in [0.2, 0.25) is 5.02 Å². The highest BCUT2D eigenvalue weighted by molar-refractivity contribution is 6.32. The Morgan fingerprint density at radius 2 is 2.00 bits per heavy atom. The summed E-state index contributed by atoms with van der Waals surface area (Å²) in [6, 6.07) is 9.50. The number of hydrogen-bond donors (Lipinski definition) is 2. The van der Waals surface area contributed by atoms with E-state index in [-0.39, 0.29) is 11.6 Å². The van der Waals surface area contributed by atoms with E-state index in [1.54, 1.807) is 13.8 Å². The summed E-state index contributed by atoms with van der Waals surface area (Å²) >= 11 is 6.12. The van der Waals surface area contributed by atoms with Crippen LogP contribution in [0.5, 0.6) is 0 Å². The average Bonchev–Trinajstić information content (AvgIpc) is 2.52. The largest absolute Gasteiger partial charge is 0.381 e. The minimum absolute atomic E-state index is 0.0381. The van der Waals surface area contributed by atoms with E-state index in [0.717, 1.165) is 5.56 Å². The zero-order valence-corrected chi connectivity index (χ0v) is 13.8. The molecule has 1 heterocycles. The maximum absolute atomic E-state index is 12.3. The molecule has 1 amide bonds. The summed E-state index contributed by atoms with van der Waals surface area (Å²) in [5.74, 6) is -0.438. The molecule has 3 N–H and O–H groups in total. The van der Waals surface area contributed by atoms with Crippen molar-refractivity contribution < 1.29 is 4.79 Å². The Kier molecular flexibility index (Phi) is 5.05. The van der Waals surface area contributed by atoms with Crippen LogP contribution in [0.4, 0.5) is 5.69 Å². The van der Waals surface area contributed by atoms with E-state index >= 15 is 0 Å². The molecule has 0 saturated carbocycles. The van der Waals surface area contributed by atoms with Crippen LogP contribution in [0.3, 0.4) is 0 Å². The molecule has 0 unspecified atom stereocenters. The van der Waals surface area contributed by atoms with Gasteiger partial charge in [-0.15, -0.1) is 0 Å². The Balaban J connectivity index is 2.18. The first-order valence-electron chi connectivity index (χ1n) is 7.14. The van der Waals surface area contributed by atoms with Crippen molar-refractivity contribution in [3.8, 4) is 0 Å². The van der Waals surface area contributed by atoms with Gasteiger partial charge in [0.25, 0.3) is 5.56 Å². The number of amides is 1. The zero-order valence-electron chi connectivity index (χ0n) is 13.0. The molecule has 0 aliphatic carbocycles. The molecule has 23 heavy (non-hydrogen) atoms. The molecule has 2 aromatic rings. The highest BCUT2D eigenvalue weighted by Gasteiger charge is 2.25. The van der Waals surface area contributed by atoms with E-state index in [1.807, 2.05) is 30.3 Å². The predicted octanol–water partition coefficient (Wildman–Crippen LogP) is 1.87. The molecule has 0 radical (unpaired) electrons. The summed E-state index contributed by atoms with van der Waals surface area (Å²) in [4.78, 5) is 23.6. The first-order valence-corrected chi connectivity index (χ1v) is 7.52. The zero-order chi connectivity index (χ0) is 17.0. The smallest absolute Gasteiger partial charge is 0.287 e. The van der Waals surface area contributed by atoms with Gasteiger partial charge in [-0.1, -0.05) is 41.9 Å². The Bertz CT molecular complexity index is 756. The number of halogens is 1. The van der Waals surface area contributed by atoms with E-state index in [4.69, 9.17) is 17.3 Å². The van der Waals surface area contributed by atoms with Crippen molar-refractivity contribution in [3.05, 3.63) is 57.5 Å². The Hall–Kier alpha value is -2.34. The van der Waals surface area contributed by atoms with Gasteiger partial charge in [-0.3, -0.25) is 9.59 Å². The summed E-state index contributed by atoms with van der Waals surface area (Å²) in [5, 5.41) is 7.12. The van der Waals surface area contributed by atoms with E-state index in [2.05, 4.69) is 10.4 Å². The van der Waals surface area contributed by atoms with Gasteiger partial charge in [0.15, 0.2) is 0 Å². The minimum Gasteiger partial charge on any atom is -0.381 e. The van der Waals surface area contributed by atoms with Crippen LogP contribution in [-0.2, 0) is 11.3 Å². The predicted molar refractivity (Wildman–Crippen MR) is 90.5 cm³/mol. The van der Waals surface area contributed by atoms with Gasteiger partial charge in [0.05, 0.1) is 23.8 Å². The SMILES string of the molecule is CC(C)(CNc1cnn(Cc2ccccc2)c(=O)c1Cl)C(N)=O. The molecule has 0 fully saturated rings. The number of carbonyl (C=O) groups is 1. The van der Waals surface area contributed by atoms with E-state index < -0.39 is 16.9 Å². The minimum atomic E-state index is -0.762. The number of rotatable bonds is 6. The van der Waals surface area contributed by atoms with Gasteiger partial charge in [0.1, 0.15) is 5.02 Å². The second kappa shape index (κ2) is 6.83. The molecule has 0 aliphatic heterocycles. The van der Waals surface area contributed by atoms with Gasteiger partial charge in [-0.2, -0.15) is 5.10 Å². The van der Waals surface area contributed by atoms with Gasteiger partial charge in [0.2, 0.25) is 5.91 Å². The Morgan fingerprint density at radius 1 is 1.35 bits per heavy atom. The van der Waals surface area contributed by atoms with Crippen molar-refractivity contribution >= 4 is 23.2 Å². The molecule has 0 saturated heterocycles. The van der Waals surface area contributed by atoms with Crippen LogP contribution < -0.4 is 16.6 Å². The second-order valence-electron chi connectivity index (χ2n) is 5.92. The number of carbonyl (C=O) groups excluding carboxylic acids is 1. The van der Waals surface area contributed by atoms with Crippen molar-refractivity contribution in [1.82, 2.24) is 9.78 Å². The Morgan fingerprint density at radius 3 is 2.61 bits per heavy atom. The fourth-order valence-corrected chi connectivity index (χ4v) is 2.07. The van der Waals surface area contributed by atoms with E-state index in [0.29, 0.717) is 12.2 Å². The van der Waals surface area contributed by atoms with E-state index in [9.17, 15) is 9.59 Å². The summed E-state index contributed by atoms with van der Waals surface area (Å²) in [6.45, 7) is 4.01. The summed E-state index contributed by atoms with van der Waals surface area (Å²) in [7, 11) is 0. The van der Waals surface area contributed by atoms with Gasteiger partial charge in [-0.05, 0) is 19.4 Å². The lowest BCUT2D eigenvalue weighted by molar-refractivity contribution is -0.125. The van der Waals surface area contributed by atoms with Crippen LogP contribution in [0.15, 0.2) is 41.3 Å². The van der Waals surface area contributed by atoms with E-state index in [1.165, 1.54) is 10.9 Å². The molecule has 0 bridgehead atoms. The molecule has 0 atom stereocenters. The molecule has 0 spiro atoms. The number of nitrogens with one attached hydrogen (secondary N) is 1. The fourth-order valence-electron chi connectivity index (χ4n) is 1.86. The molecule has 1 aromatic heterocycles. The normalized spacial score (nSPS) is 11.3. The van der Waals surface area contributed by atoms with Crippen LogP contribution in [0, 0.1) is 5.41 Å². The number of nitrogens with zero attached hydrogens (tertiary/aromatic N) is 2. The highest BCUT2D eigenvalue weighted by atomic mass is 35.5. The number of anilines is 1. The number of primary amides is 1. The van der Waals surface area contributed by atoms with Crippen LogP contribution >= 0.6 is 11.6 Å². The molecule has 7 heteroatoms. The molecular formula is C16H19ClN4O2. The maximum Gasteiger partial charge on any atom is 0.287 e. The maximum atomic E-state index is 12.3. The molecule has 2 rings (SSSR count). The molecule has 0 aliphatic rings. The van der Waals surface area contributed by atoms with Crippen molar-refractivity contribution in [3.63, 3.8) is 0 Å². The highest BCUT2D eigenvalue weighted by Crippen LogP contribution is 2.20.